The number of carbonyl (C=O) groups excluding carboxylic acids is 1. The van der Waals surface area contributed by atoms with Crippen molar-refractivity contribution >= 4 is 29.0 Å². The largest absolute Gasteiger partial charge is 0.442 e. The van der Waals surface area contributed by atoms with E-state index in [1.54, 1.807) is 6.07 Å². The lowest BCUT2D eigenvalue weighted by atomic mass is 10.1. The van der Waals surface area contributed by atoms with Gasteiger partial charge in [-0.2, -0.15) is 0 Å². The third kappa shape index (κ3) is 2.19. The van der Waals surface area contributed by atoms with E-state index < -0.39 is 0 Å². The zero-order valence-corrected chi connectivity index (χ0v) is 8.92. The molecule has 1 heterocycles. The first-order valence-corrected chi connectivity index (χ1v) is 4.83. The molecule has 0 aliphatic heterocycles. The van der Waals surface area contributed by atoms with Crippen molar-refractivity contribution < 1.29 is 9.21 Å². The molecular weight excluding hydrogens is 237 g/mol. The summed E-state index contributed by atoms with van der Waals surface area (Å²) in [5, 5.41) is 0.801. The van der Waals surface area contributed by atoms with E-state index in [1.807, 2.05) is 0 Å². The number of hydrogen-bond acceptors (Lipinski definition) is 3. The second-order valence-corrected chi connectivity index (χ2v) is 3.70. The van der Waals surface area contributed by atoms with Crippen LogP contribution in [0.4, 0.5) is 0 Å². The van der Waals surface area contributed by atoms with Gasteiger partial charge >= 0.3 is 0 Å². The molecule has 0 aliphatic rings. The number of nitrogens with zero attached hydrogens (tertiary/aromatic N) is 1. The van der Waals surface area contributed by atoms with Crippen molar-refractivity contribution in [2.45, 2.75) is 0 Å². The van der Waals surface area contributed by atoms with Crippen molar-refractivity contribution in [1.82, 2.24) is 4.98 Å². The molecule has 1 aromatic carbocycles. The number of hydrogen-bond donors (Lipinski definition) is 0. The maximum Gasteiger partial charge on any atom is 0.268 e. The maximum absolute atomic E-state index is 11.7. The highest BCUT2D eigenvalue weighted by Crippen LogP contribution is 2.20. The second-order valence-electron chi connectivity index (χ2n) is 2.82. The second kappa shape index (κ2) is 4.04. The minimum Gasteiger partial charge on any atom is -0.442 e. The van der Waals surface area contributed by atoms with Gasteiger partial charge in [0.2, 0.25) is 5.78 Å². The van der Waals surface area contributed by atoms with Gasteiger partial charge in [-0.3, -0.25) is 4.79 Å². The van der Waals surface area contributed by atoms with Crippen molar-refractivity contribution in [1.29, 1.82) is 0 Å². The van der Waals surface area contributed by atoms with E-state index in [-0.39, 0.29) is 11.7 Å². The van der Waals surface area contributed by atoms with Gasteiger partial charge in [-0.15, -0.1) is 0 Å². The highest BCUT2D eigenvalue weighted by Gasteiger charge is 2.14. The molecular formula is C10H5Cl2NO2. The molecule has 5 heteroatoms. The van der Waals surface area contributed by atoms with Crippen LogP contribution in [0.25, 0.3) is 0 Å². The third-order valence-corrected chi connectivity index (χ3v) is 2.19. The van der Waals surface area contributed by atoms with Gasteiger partial charge in [0.15, 0.2) is 0 Å². The van der Waals surface area contributed by atoms with Crippen molar-refractivity contribution in [3.05, 3.63) is 52.2 Å². The lowest BCUT2D eigenvalue weighted by Gasteiger charge is -1.98. The van der Waals surface area contributed by atoms with Gasteiger partial charge in [-0.25, -0.2) is 4.98 Å². The number of benzene rings is 1. The zero-order chi connectivity index (χ0) is 10.8. The van der Waals surface area contributed by atoms with E-state index in [2.05, 4.69) is 4.98 Å². The van der Waals surface area contributed by atoms with Crippen LogP contribution in [0.1, 0.15) is 16.2 Å². The Morgan fingerprint density at radius 1 is 1.20 bits per heavy atom. The maximum atomic E-state index is 11.7. The Labute approximate surface area is 95.6 Å². The topological polar surface area (TPSA) is 43.1 Å². The van der Waals surface area contributed by atoms with Crippen molar-refractivity contribution in [3.63, 3.8) is 0 Å². The fourth-order valence-electron chi connectivity index (χ4n) is 1.14. The number of ketones is 1. The molecule has 0 bridgehead atoms. The first-order chi connectivity index (χ1) is 7.16. The average Bonchev–Trinajstić information content (AvgIpc) is 2.67. The molecule has 0 fully saturated rings. The quantitative estimate of drug-likeness (QED) is 0.759. The van der Waals surface area contributed by atoms with E-state index in [9.17, 15) is 4.79 Å². The Balaban J connectivity index is 2.42. The SMILES string of the molecule is O=C(c1cc(Cl)cc(Cl)c1)c1ncco1. The molecule has 0 saturated heterocycles. The molecule has 0 N–H and O–H groups in total. The van der Waals surface area contributed by atoms with Crippen LogP contribution in [0.3, 0.4) is 0 Å². The minimum atomic E-state index is -0.343. The summed E-state index contributed by atoms with van der Waals surface area (Å²) in [6.45, 7) is 0. The van der Waals surface area contributed by atoms with Crippen molar-refractivity contribution in [2.24, 2.45) is 0 Å². The molecule has 1 aromatic heterocycles. The van der Waals surface area contributed by atoms with E-state index in [1.165, 1.54) is 24.6 Å². The summed E-state index contributed by atoms with van der Waals surface area (Å²) in [7, 11) is 0. The summed E-state index contributed by atoms with van der Waals surface area (Å²) >= 11 is 11.5. The van der Waals surface area contributed by atoms with Gasteiger partial charge < -0.3 is 4.42 Å². The summed E-state index contributed by atoms with van der Waals surface area (Å²) in [6.07, 6.45) is 2.73. The highest BCUT2D eigenvalue weighted by molar-refractivity contribution is 6.35. The van der Waals surface area contributed by atoms with Crippen LogP contribution in [0.5, 0.6) is 0 Å². The first kappa shape index (κ1) is 10.2. The fourth-order valence-corrected chi connectivity index (χ4v) is 1.67. The van der Waals surface area contributed by atoms with Crippen molar-refractivity contribution in [2.75, 3.05) is 0 Å². The minimum absolute atomic E-state index is 0.0216. The van der Waals surface area contributed by atoms with Gasteiger partial charge in [-0.05, 0) is 18.2 Å². The van der Waals surface area contributed by atoms with Crippen LogP contribution in [0.2, 0.25) is 10.0 Å². The van der Waals surface area contributed by atoms with E-state index >= 15 is 0 Å². The van der Waals surface area contributed by atoms with Crippen LogP contribution in [0.15, 0.2) is 35.1 Å². The molecule has 0 amide bonds. The summed E-state index contributed by atoms with van der Waals surface area (Å²) in [5.41, 5.74) is 0.356. The third-order valence-electron chi connectivity index (χ3n) is 1.75. The van der Waals surface area contributed by atoms with E-state index in [0.717, 1.165) is 0 Å². The lowest BCUT2D eigenvalue weighted by Crippen LogP contribution is -2.01. The van der Waals surface area contributed by atoms with Gasteiger partial charge in [-0.1, -0.05) is 23.2 Å². The highest BCUT2D eigenvalue weighted by atomic mass is 35.5. The van der Waals surface area contributed by atoms with E-state index in [4.69, 9.17) is 27.6 Å². The van der Waals surface area contributed by atoms with Crippen LogP contribution in [-0.4, -0.2) is 10.8 Å². The normalized spacial score (nSPS) is 10.3. The van der Waals surface area contributed by atoms with Gasteiger partial charge in [0.05, 0.1) is 6.20 Å². The number of aromatic nitrogens is 1. The standard InChI is InChI=1S/C10H5Cl2NO2/c11-7-3-6(4-8(12)5-7)9(14)10-13-1-2-15-10/h1-5H. The zero-order valence-electron chi connectivity index (χ0n) is 7.41. The Bertz CT molecular complexity index is 474. The van der Waals surface area contributed by atoms with Crippen molar-refractivity contribution in [3.8, 4) is 0 Å². The van der Waals surface area contributed by atoms with Gasteiger partial charge in [0.1, 0.15) is 6.26 Å². The summed E-state index contributed by atoms with van der Waals surface area (Å²) in [6, 6.07) is 4.58. The van der Waals surface area contributed by atoms with Crippen LogP contribution < -0.4 is 0 Å². The molecule has 0 radical (unpaired) electrons. The number of carbonyl (C=O) groups is 1. The molecule has 0 unspecified atom stereocenters. The molecule has 0 aliphatic carbocycles. The first-order valence-electron chi connectivity index (χ1n) is 4.07. The summed E-state index contributed by atoms with van der Waals surface area (Å²) in [5.74, 6) is -0.322. The average molecular weight is 242 g/mol. The summed E-state index contributed by atoms with van der Waals surface area (Å²) < 4.78 is 4.88. The predicted octanol–water partition coefficient (Wildman–Crippen LogP) is 3.21. The fraction of sp³-hybridized carbons (Fsp3) is 0. The summed E-state index contributed by atoms with van der Waals surface area (Å²) in [4.78, 5) is 15.5. The van der Waals surface area contributed by atoms with Gasteiger partial charge in [0.25, 0.3) is 5.89 Å². The molecule has 2 aromatic rings. The number of rotatable bonds is 2. The molecule has 2 rings (SSSR count). The van der Waals surface area contributed by atoms with E-state index in [0.29, 0.717) is 15.6 Å². The monoisotopic (exact) mass is 241 g/mol. The Morgan fingerprint density at radius 3 is 2.40 bits per heavy atom. The molecule has 0 atom stereocenters. The van der Waals surface area contributed by atoms with Crippen LogP contribution >= 0.6 is 23.2 Å². The van der Waals surface area contributed by atoms with Gasteiger partial charge in [0, 0.05) is 15.6 Å². The molecule has 0 spiro atoms. The Morgan fingerprint density at radius 2 is 1.87 bits per heavy atom. The lowest BCUT2D eigenvalue weighted by molar-refractivity contribution is 0.100. The number of oxazole rings is 1. The number of halogens is 2. The molecule has 76 valence electrons. The van der Waals surface area contributed by atoms with Crippen LogP contribution in [0, 0.1) is 0 Å². The predicted molar refractivity (Wildman–Crippen MR) is 56.4 cm³/mol. The van der Waals surface area contributed by atoms with Crippen LogP contribution in [-0.2, 0) is 0 Å². The molecule has 3 nitrogen and oxygen atoms in total. The molecule has 15 heavy (non-hydrogen) atoms. The Hall–Kier alpha value is -1.32. The smallest absolute Gasteiger partial charge is 0.268 e. The molecule has 0 saturated carbocycles. The Kier molecular flexibility index (Phi) is 2.75.